The molecule has 1 rings (SSSR count). The number of aliphatic hydroxyl groups excluding tert-OH is 1. The molecule has 0 spiro atoms. The Morgan fingerprint density at radius 1 is 1.15 bits per heavy atom. The fourth-order valence-corrected chi connectivity index (χ4v) is 4.95. The van der Waals surface area contributed by atoms with E-state index in [1.54, 1.807) is 20.1 Å². The number of carbonyl (C=O) groups excluding carboxylic acids is 2. The van der Waals surface area contributed by atoms with Crippen molar-refractivity contribution in [3.05, 3.63) is 24.3 Å². The average molecular weight is 465 g/mol. The topological polar surface area (TPSA) is 72.8 Å². The summed E-state index contributed by atoms with van der Waals surface area (Å²) in [6.07, 6.45) is 11.2. The van der Waals surface area contributed by atoms with E-state index in [0.29, 0.717) is 30.4 Å². The molecule has 1 saturated carbocycles. The minimum Gasteiger partial charge on any atom is -0.386 e. The zero-order valence-corrected chi connectivity index (χ0v) is 21.8. The summed E-state index contributed by atoms with van der Waals surface area (Å²) < 4.78 is 10.9. The van der Waals surface area contributed by atoms with Gasteiger partial charge in [-0.2, -0.15) is 0 Å². The van der Waals surface area contributed by atoms with Crippen molar-refractivity contribution in [2.24, 2.45) is 23.7 Å². The Labute approximate surface area is 202 Å². The van der Waals surface area contributed by atoms with Gasteiger partial charge in [0.1, 0.15) is 18.0 Å². The molecule has 1 aliphatic rings. The Bertz CT molecular complexity index is 640. The molecule has 0 aliphatic heterocycles. The highest BCUT2D eigenvalue weighted by molar-refractivity contribution is 5.86. The Hall–Kier alpha value is -1.30. The molecule has 7 atom stereocenters. The van der Waals surface area contributed by atoms with Gasteiger partial charge in [0.2, 0.25) is 0 Å². The molecular weight excluding hydrogens is 416 g/mol. The van der Waals surface area contributed by atoms with Crippen molar-refractivity contribution in [3.63, 3.8) is 0 Å². The van der Waals surface area contributed by atoms with E-state index in [2.05, 4.69) is 6.58 Å². The van der Waals surface area contributed by atoms with Crippen LogP contribution in [-0.2, 0) is 19.1 Å². The van der Waals surface area contributed by atoms with Crippen LogP contribution in [0.2, 0.25) is 0 Å². The van der Waals surface area contributed by atoms with Gasteiger partial charge in [0, 0.05) is 32.5 Å². The van der Waals surface area contributed by atoms with Crippen molar-refractivity contribution >= 4 is 11.6 Å². The van der Waals surface area contributed by atoms with Crippen LogP contribution in [0.5, 0.6) is 0 Å². The second-order valence-electron chi connectivity index (χ2n) is 10.2. The summed E-state index contributed by atoms with van der Waals surface area (Å²) in [6.45, 7) is 11.3. The minimum absolute atomic E-state index is 0.121. The van der Waals surface area contributed by atoms with Crippen LogP contribution in [0, 0.1) is 23.7 Å². The fraction of sp³-hybridized carbons (Fsp3) is 0.786. The van der Waals surface area contributed by atoms with Gasteiger partial charge in [-0.25, -0.2) is 0 Å². The largest absolute Gasteiger partial charge is 0.386 e. The van der Waals surface area contributed by atoms with E-state index in [1.807, 2.05) is 26.8 Å². The van der Waals surface area contributed by atoms with Crippen LogP contribution in [0.3, 0.4) is 0 Å². The normalized spacial score (nSPS) is 23.9. The van der Waals surface area contributed by atoms with Gasteiger partial charge in [-0.15, -0.1) is 6.58 Å². The van der Waals surface area contributed by atoms with E-state index in [0.717, 1.165) is 25.7 Å². The second-order valence-corrected chi connectivity index (χ2v) is 10.2. The predicted octanol–water partition coefficient (Wildman–Crippen LogP) is 5.70. The summed E-state index contributed by atoms with van der Waals surface area (Å²) >= 11 is 0. The highest BCUT2D eigenvalue weighted by Gasteiger charge is 2.32. The number of ether oxygens (including phenoxy) is 2. The number of carbonyl (C=O) groups is 2. The van der Waals surface area contributed by atoms with Crippen LogP contribution in [-0.4, -0.2) is 49.2 Å². The summed E-state index contributed by atoms with van der Waals surface area (Å²) in [4.78, 5) is 25.4. The SMILES string of the molecule is C=C[C@@H](C)C[C@@H](C)C(=O)[C@H](OC)[C@H](O)/C(C)=C/[C@@H](C)C(=O)CCCC[C@@H]1CCC[C@H](OC)C1. The van der Waals surface area contributed by atoms with Gasteiger partial charge in [-0.3, -0.25) is 9.59 Å². The van der Waals surface area contributed by atoms with Crippen LogP contribution in [0.1, 0.15) is 85.5 Å². The highest BCUT2D eigenvalue weighted by atomic mass is 16.5. The Balaban J connectivity index is 2.52. The molecule has 5 nitrogen and oxygen atoms in total. The number of methoxy groups -OCH3 is 2. The molecule has 1 aliphatic carbocycles. The molecule has 0 aromatic rings. The summed E-state index contributed by atoms with van der Waals surface area (Å²) in [5.74, 6) is 0.449. The van der Waals surface area contributed by atoms with E-state index < -0.39 is 12.2 Å². The Morgan fingerprint density at radius 3 is 2.45 bits per heavy atom. The van der Waals surface area contributed by atoms with Gasteiger partial charge in [0.15, 0.2) is 5.78 Å². The average Bonchev–Trinajstić information content (AvgIpc) is 2.81. The van der Waals surface area contributed by atoms with Gasteiger partial charge in [-0.05, 0) is 50.0 Å². The molecule has 0 aromatic heterocycles. The van der Waals surface area contributed by atoms with Crippen LogP contribution < -0.4 is 0 Å². The molecule has 0 radical (unpaired) electrons. The van der Waals surface area contributed by atoms with Crippen molar-refractivity contribution in [1.82, 2.24) is 0 Å². The third kappa shape index (κ3) is 10.2. The first-order valence-electron chi connectivity index (χ1n) is 12.7. The summed E-state index contributed by atoms with van der Waals surface area (Å²) in [6, 6.07) is 0. The number of allylic oxidation sites excluding steroid dienone is 2. The molecule has 5 heteroatoms. The first kappa shape index (κ1) is 29.7. The first-order valence-corrected chi connectivity index (χ1v) is 12.7. The van der Waals surface area contributed by atoms with Crippen molar-refractivity contribution < 1.29 is 24.2 Å². The number of unbranched alkanes of at least 4 members (excludes halogenated alkanes) is 1. The van der Waals surface area contributed by atoms with Crippen LogP contribution in [0.15, 0.2) is 24.3 Å². The third-order valence-electron chi connectivity index (χ3n) is 7.28. The van der Waals surface area contributed by atoms with Crippen molar-refractivity contribution in [2.75, 3.05) is 14.2 Å². The van der Waals surface area contributed by atoms with Gasteiger partial charge >= 0.3 is 0 Å². The maximum Gasteiger partial charge on any atom is 0.167 e. The zero-order chi connectivity index (χ0) is 25.0. The van der Waals surface area contributed by atoms with Gasteiger partial charge < -0.3 is 14.6 Å². The molecule has 0 heterocycles. The molecule has 190 valence electrons. The van der Waals surface area contributed by atoms with Crippen molar-refractivity contribution in [2.45, 2.75) is 104 Å². The lowest BCUT2D eigenvalue weighted by Gasteiger charge is -2.28. The molecule has 1 N–H and O–H groups in total. The molecule has 33 heavy (non-hydrogen) atoms. The van der Waals surface area contributed by atoms with Crippen LogP contribution in [0.4, 0.5) is 0 Å². The molecule has 0 amide bonds. The Morgan fingerprint density at radius 2 is 1.85 bits per heavy atom. The monoisotopic (exact) mass is 464 g/mol. The summed E-state index contributed by atoms with van der Waals surface area (Å²) in [5, 5.41) is 10.8. The first-order chi connectivity index (χ1) is 15.6. The summed E-state index contributed by atoms with van der Waals surface area (Å²) in [7, 11) is 3.24. The van der Waals surface area contributed by atoms with E-state index in [9.17, 15) is 14.7 Å². The molecule has 1 fully saturated rings. The predicted molar refractivity (Wildman–Crippen MR) is 134 cm³/mol. The number of aliphatic hydroxyl groups is 1. The van der Waals surface area contributed by atoms with Crippen LogP contribution in [0.25, 0.3) is 0 Å². The van der Waals surface area contributed by atoms with Crippen molar-refractivity contribution in [1.29, 1.82) is 0 Å². The third-order valence-corrected chi connectivity index (χ3v) is 7.28. The number of rotatable bonds is 16. The maximum absolute atomic E-state index is 12.8. The van der Waals surface area contributed by atoms with Gasteiger partial charge in [-0.1, -0.05) is 58.6 Å². The second kappa shape index (κ2) is 15.6. The van der Waals surface area contributed by atoms with E-state index in [-0.39, 0.29) is 29.3 Å². The zero-order valence-electron chi connectivity index (χ0n) is 21.8. The number of hydrogen-bond acceptors (Lipinski definition) is 5. The number of hydrogen-bond donors (Lipinski definition) is 1. The molecule has 0 bridgehead atoms. The Kier molecular flexibility index (Phi) is 14.0. The molecular formula is C28H48O5. The minimum atomic E-state index is -1.06. The van der Waals surface area contributed by atoms with Crippen molar-refractivity contribution in [3.8, 4) is 0 Å². The number of Topliss-reactive ketones (excluding diaryl/α,β-unsaturated/α-hetero) is 2. The lowest BCUT2D eigenvalue weighted by molar-refractivity contribution is -0.138. The van der Waals surface area contributed by atoms with Crippen LogP contribution >= 0.6 is 0 Å². The number of ketones is 2. The maximum atomic E-state index is 12.8. The summed E-state index contributed by atoms with van der Waals surface area (Å²) in [5.41, 5.74) is 0.604. The fourth-order valence-electron chi connectivity index (χ4n) is 4.95. The highest BCUT2D eigenvalue weighted by Crippen LogP contribution is 2.30. The van der Waals surface area contributed by atoms with E-state index in [1.165, 1.54) is 26.4 Å². The molecule has 0 saturated heterocycles. The lowest BCUT2D eigenvalue weighted by atomic mass is 9.83. The quantitative estimate of drug-likeness (QED) is 0.234. The standard InChI is InChI=1S/C28H48O5/c1-8-19(2)16-21(4)26(30)28(33-7)27(31)22(5)17-20(3)25(29)15-10-9-12-23-13-11-14-24(18-23)32-6/h8,17,19-21,23-24,27-28,31H,1,9-16,18H2,2-7H3/b22-17+/t19-,20-,21-,23-,24+,27-,28+/m1/s1. The molecule has 0 aromatic carbocycles. The molecule has 0 unspecified atom stereocenters. The van der Waals surface area contributed by atoms with E-state index in [4.69, 9.17) is 9.47 Å². The lowest BCUT2D eigenvalue weighted by Crippen LogP contribution is -2.40. The smallest absolute Gasteiger partial charge is 0.167 e. The van der Waals surface area contributed by atoms with Gasteiger partial charge in [0.25, 0.3) is 0 Å². The van der Waals surface area contributed by atoms with Gasteiger partial charge in [0.05, 0.1) is 6.10 Å². The van der Waals surface area contributed by atoms with E-state index >= 15 is 0 Å².